The van der Waals surface area contributed by atoms with Gasteiger partial charge < -0.3 is 9.16 Å². The Balaban J connectivity index is 4.91. The molecule has 0 N–H and O–H groups in total. The molecule has 4 heteroatoms. The van der Waals surface area contributed by atoms with Gasteiger partial charge in [-0.05, 0) is 37.6 Å². The first-order valence-corrected chi connectivity index (χ1v) is 9.12. The lowest BCUT2D eigenvalue weighted by Gasteiger charge is -2.36. The summed E-state index contributed by atoms with van der Waals surface area (Å²) >= 11 is 0. The Morgan fingerprint density at radius 2 is 1.76 bits per heavy atom. The van der Waals surface area contributed by atoms with Crippen molar-refractivity contribution in [3.63, 3.8) is 0 Å². The van der Waals surface area contributed by atoms with Crippen molar-refractivity contribution in [2.75, 3.05) is 6.61 Å². The van der Waals surface area contributed by atoms with Crippen molar-refractivity contribution in [1.29, 1.82) is 0 Å². The van der Waals surface area contributed by atoms with Gasteiger partial charge in [0.25, 0.3) is 8.32 Å². The van der Waals surface area contributed by atoms with Crippen molar-refractivity contribution >= 4 is 14.3 Å². The topological polar surface area (TPSA) is 35.5 Å². The molecule has 0 spiro atoms. The summed E-state index contributed by atoms with van der Waals surface area (Å²) in [4.78, 5) is 11.7. The number of esters is 1. The minimum absolute atomic E-state index is 0.0757. The number of carbonyl (C=O) groups is 1. The second-order valence-electron chi connectivity index (χ2n) is 5.56. The maximum Gasteiger partial charge on any atom is 0.371 e. The smallest absolute Gasteiger partial charge is 0.371 e. The fourth-order valence-electron chi connectivity index (χ4n) is 0.982. The Morgan fingerprint density at radius 1 is 1.24 bits per heavy atom. The van der Waals surface area contributed by atoms with E-state index >= 15 is 0 Å². The molecule has 0 bridgehead atoms. The van der Waals surface area contributed by atoms with Gasteiger partial charge in [-0.15, -0.1) is 0 Å². The molecule has 3 nitrogen and oxygen atoms in total. The molecule has 0 radical (unpaired) electrons. The minimum atomic E-state index is -1.97. The molecule has 0 fully saturated rings. The maximum atomic E-state index is 11.7. The van der Waals surface area contributed by atoms with Crippen molar-refractivity contribution in [1.82, 2.24) is 0 Å². The third kappa shape index (κ3) is 4.94. The molecule has 0 aromatic rings. The van der Waals surface area contributed by atoms with Gasteiger partial charge in [0.15, 0.2) is 5.76 Å². The molecule has 0 aromatic heterocycles. The van der Waals surface area contributed by atoms with E-state index in [1.165, 1.54) is 0 Å². The highest BCUT2D eigenvalue weighted by Gasteiger charge is 2.40. The molecule has 100 valence electrons. The average molecular weight is 258 g/mol. The van der Waals surface area contributed by atoms with Gasteiger partial charge in [0.2, 0.25) is 0 Å². The lowest BCUT2D eigenvalue weighted by molar-refractivity contribution is -0.141. The zero-order valence-corrected chi connectivity index (χ0v) is 13.2. The van der Waals surface area contributed by atoms with Gasteiger partial charge in [-0.3, -0.25) is 0 Å². The van der Waals surface area contributed by atoms with E-state index in [-0.39, 0.29) is 11.0 Å². The number of allylic oxidation sites excluding steroid dienone is 1. The van der Waals surface area contributed by atoms with E-state index in [1.54, 1.807) is 13.0 Å². The van der Waals surface area contributed by atoms with Crippen LogP contribution in [0.2, 0.25) is 18.1 Å². The lowest BCUT2D eigenvalue weighted by atomic mass is 10.2. The quantitative estimate of drug-likeness (QED) is 0.325. The fourth-order valence-corrected chi connectivity index (χ4v) is 2.00. The van der Waals surface area contributed by atoms with Crippen molar-refractivity contribution in [2.24, 2.45) is 0 Å². The molecule has 17 heavy (non-hydrogen) atoms. The van der Waals surface area contributed by atoms with Crippen LogP contribution in [0.5, 0.6) is 0 Å². The molecule has 0 aliphatic rings. The molecule has 0 saturated heterocycles. The SMILES string of the molecule is CC/C=C(\O[Si](C)(C)C(C)(C)C)C(=O)OCC. The first-order valence-electron chi connectivity index (χ1n) is 6.22. The Kier molecular flexibility index (Phi) is 5.95. The summed E-state index contributed by atoms with van der Waals surface area (Å²) in [5.74, 6) is 0.0279. The van der Waals surface area contributed by atoms with E-state index in [4.69, 9.17) is 9.16 Å². The Labute approximate surface area is 106 Å². The van der Waals surface area contributed by atoms with E-state index in [9.17, 15) is 4.79 Å². The van der Waals surface area contributed by atoms with Gasteiger partial charge in [-0.25, -0.2) is 4.79 Å². The summed E-state index contributed by atoms with van der Waals surface area (Å²) in [6.07, 6.45) is 2.57. The first kappa shape index (κ1) is 16.2. The van der Waals surface area contributed by atoms with Crippen molar-refractivity contribution in [2.45, 2.75) is 59.2 Å². The van der Waals surface area contributed by atoms with Crippen LogP contribution >= 0.6 is 0 Å². The summed E-state index contributed by atoms with van der Waals surface area (Å²) in [5, 5.41) is 0.0757. The molecule has 0 atom stereocenters. The molecule has 0 aliphatic heterocycles. The molecule has 0 rings (SSSR count). The van der Waals surface area contributed by atoms with Crippen LogP contribution in [0.1, 0.15) is 41.0 Å². The van der Waals surface area contributed by atoms with E-state index in [2.05, 4.69) is 33.9 Å². The van der Waals surface area contributed by atoms with Crippen LogP contribution in [-0.4, -0.2) is 20.9 Å². The van der Waals surface area contributed by atoms with E-state index < -0.39 is 8.32 Å². The number of hydrogen-bond donors (Lipinski definition) is 0. The highest BCUT2D eigenvalue weighted by molar-refractivity contribution is 6.74. The van der Waals surface area contributed by atoms with E-state index in [1.807, 2.05) is 6.92 Å². The zero-order chi connectivity index (χ0) is 13.7. The van der Waals surface area contributed by atoms with E-state index in [0.29, 0.717) is 12.4 Å². The molecule has 0 amide bonds. The van der Waals surface area contributed by atoms with Crippen LogP contribution < -0.4 is 0 Å². The Bertz CT molecular complexity index is 288. The van der Waals surface area contributed by atoms with Crippen molar-refractivity contribution < 1.29 is 14.0 Å². The molecule has 0 heterocycles. The molecular formula is C13H26O3Si. The highest BCUT2D eigenvalue weighted by atomic mass is 28.4. The predicted octanol–water partition coefficient (Wildman–Crippen LogP) is 3.87. The monoisotopic (exact) mass is 258 g/mol. The Hall–Kier alpha value is -0.773. The van der Waals surface area contributed by atoms with Crippen LogP contribution in [0.4, 0.5) is 0 Å². The van der Waals surface area contributed by atoms with Gasteiger partial charge in [0, 0.05) is 0 Å². The minimum Gasteiger partial charge on any atom is -0.539 e. The van der Waals surface area contributed by atoms with Crippen LogP contribution in [0.25, 0.3) is 0 Å². The van der Waals surface area contributed by atoms with Crippen LogP contribution in [0.15, 0.2) is 11.8 Å². The largest absolute Gasteiger partial charge is 0.539 e. The maximum absolute atomic E-state index is 11.7. The highest BCUT2D eigenvalue weighted by Crippen LogP contribution is 2.38. The lowest BCUT2D eigenvalue weighted by Crippen LogP contribution is -2.41. The third-order valence-corrected chi connectivity index (χ3v) is 7.38. The first-order chi connectivity index (χ1) is 7.65. The molecule has 0 saturated carbocycles. The van der Waals surface area contributed by atoms with E-state index in [0.717, 1.165) is 6.42 Å². The number of ether oxygens (including phenoxy) is 1. The normalized spacial score (nSPS) is 13.5. The second-order valence-corrected chi connectivity index (χ2v) is 10.3. The molecular weight excluding hydrogens is 232 g/mol. The van der Waals surface area contributed by atoms with Gasteiger partial charge in [-0.1, -0.05) is 27.7 Å². The van der Waals surface area contributed by atoms with Crippen LogP contribution in [0, 0.1) is 0 Å². The number of hydrogen-bond acceptors (Lipinski definition) is 3. The molecule has 0 aliphatic carbocycles. The molecule has 0 unspecified atom stereocenters. The standard InChI is InChI=1S/C13H26O3Si/c1-8-10-11(12(14)15-9-2)16-17(6,7)13(3,4)5/h10H,8-9H2,1-7H3/b11-10-. The van der Waals surface area contributed by atoms with Gasteiger partial charge >= 0.3 is 5.97 Å². The Morgan fingerprint density at radius 3 is 2.12 bits per heavy atom. The zero-order valence-electron chi connectivity index (χ0n) is 12.2. The third-order valence-electron chi connectivity index (χ3n) is 3.04. The summed E-state index contributed by atoms with van der Waals surface area (Å²) in [5.41, 5.74) is 0. The van der Waals surface area contributed by atoms with Crippen molar-refractivity contribution in [3.8, 4) is 0 Å². The van der Waals surface area contributed by atoms with Gasteiger partial charge in [-0.2, -0.15) is 0 Å². The van der Waals surface area contributed by atoms with Crippen molar-refractivity contribution in [3.05, 3.63) is 11.8 Å². The summed E-state index contributed by atoms with van der Waals surface area (Å²) in [6.45, 7) is 14.8. The summed E-state index contributed by atoms with van der Waals surface area (Å²) in [6, 6.07) is 0. The fraction of sp³-hybridized carbons (Fsp3) is 0.769. The van der Waals surface area contributed by atoms with Crippen LogP contribution in [-0.2, 0) is 14.0 Å². The summed E-state index contributed by atoms with van der Waals surface area (Å²) in [7, 11) is -1.97. The molecule has 0 aromatic carbocycles. The average Bonchev–Trinajstić information content (AvgIpc) is 2.15. The van der Waals surface area contributed by atoms with Gasteiger partial charge in [0.05, 0.1) is 6.61 Å². The van der Waals surface area contributed by atoms with Crippen LogP contribution in [0.3, 0.4) is 0 Å². The summed E-state index contributed by atoms with van der Waals surface area (Å²) < 4.78 is 11.0. The number of carbonyl (C=O) groups excluding carboxylic acids is 1. The number of rotatable bonds is 5. The van der Waals surface area contributed by atoms with Gasteiger partial charge in [0.1, 0.15) is 0 Å². The second kappa shape index (κ2) is 6.24. The predicted molar refractivity (Wildman–Crippen MR) is 73.3 cm³/mol.